The molecule has 0 bridgehead atoms. The number of anilines is 1. The highest BCUT2D eigenvalue weighted by atomic mass is 79.9. The summed E-state index contributed by atoms with van der Waals surface area (Å²) in [6.45, 7) is 0.787. The zero-order valence-corrected chi connectivity index (χ0v) is 8.94. The van der Waals surface area contributed by atoms with E-state index >= 15 is 0 Å². The molecule has 6 heteroatoms. The number of carbonyl (C=O) groups excluding carboxylic acids is 1. The van der Waals surface area contributed by atoms with E-state index in [0.29, 0.717) is 5.95 Å². The lowest BCUT2D eigenvalue weighted by atomic mass is 10.0. The first-order valence-corrected chi connectivity index (χ1v) is 5.01. The van der Waals surface area contributed by atoms with Gasteiger partial charge < -0.3 is 10.6 Å². The van der Waals surface area contributed by atoms with E-state index in [9.17, 15) is 4.79 Å². The number of halogens is 1. The Morgan fingerprint density at radius 3 is 2.64 bits per heavy atom. The van der Waals surface area contributed by atoms with Gasteiger partial charge in [0.1, 0.15) is 6.04 Å². The van der Waals surface area contributed by atoms with Crippen LogP contribution in [0.1, 0.15) is 6.42 Å². The lowest BCUT2D eigenvalue weighted by Gasteiger charge is -2.38. The molecule has 1 amide bonds. The molecule has 5 nitrogen and oxygen atoms in total. The highest BCUT2D eigenvalue weighted by Crippen LogP contribution is 2.22. The van der Waals surface area contributed by atoms with Crippen molar-refractivity contribution in [2.45, 2.75) is 12.5 Å². The third-order valence-corrected chi connectivity index (χ3v) is 2.62. The van der Waals surface area contributed by atoms with Crippen LogP contribution in [0.3, 0.4) is 0 Å². The van der Waals surface area contributed by atoms with Crippen LogP contribution in [0.5, 0.6) is 0 Å². The Hall–Kier alpha value is -1.17. The van der Waals surface area contributed by atoms with E-state index in [0.717, 1.165) is 17.4 Å². The predicted octanol–water partition coefficient (Wildman–Crippen LogP) is 0.303. The molecule has 0 saturated carbocycles. The third-order valence-electron chi connectivity index (χ3n) is 2.21. The van der Waals surface area contributed by atoms with Crippen molar-refractivity contribution in [3.05, 3.63) is 16.9 Å². The first-order chi connectivity index (χ1) is 6.68. The molecular formula is C8H9BrN4O. The molecule has 0 aliphatic carbocycles. The number of carbonyl (C=O) groups is 1. The van der Waals surface area contributed by atoms with Gasteiger partial charge in [0.25, 0.3) is 0 Å². The van der Waals surface area contributed by atoms with Gasteiger partial charge in [0, 0.05) is 18.9 Å². The fourth-order valence-electron chi connectivity index (χ4n) is 1.38. The first kappa shape index (κ1) is 9.39. The maximum Gasteiger partial charge on any atom is 0.240 e. The average molecular weight is 257 g/mol. The molecule has 2 heterocycles. The summed E-state index contributed by atoms with van der Waals surface area (Å²) in [5, 5.41) is 0. The lowest BCUT2D eigenvalue weighted by molar-refractivity contribution is -0.120. The summed E-state index contributed by atoms with van der Waals surface area (Å²) in [5.41, 5.74) is 5.21. The molecule has 0 radical (unpaired) electrons. The highest BCUT2D eigenvalue weighted by molar-refractivity contribution is 9.10. The number of nitrogens with two attached hydrogens (primary N) is 1. The summed E-state index contributed by atoms with van der Waals surface area (Å²) >= 11 is 3.24. The summed E-state index contributed by atoms with van der Waals surface area (Å²) in [5.74, 6) is 0.242. The van der Waals surface area contributed by atoms with Crippen molar-refractivity contribution in [1.29, 1.82) is 0 Å². The Labute approximate surface area is 89.5 Å². The summed E-state index contributed by atoms with van der Waals surface area (Å²) in [4.78, 5) is 20.9. The topological polar surface area (TPSA) is 72.1 Å². The average Bonchev–Trinajstić information content (AvgIpc) is 2.05. The zero-order valence-electron chi connectivity index (χ0n) is 7.35. The number of aromatic nitrogens is 2. The van der Waals surface area contributed by atoms with Gasteiger partial charge in [0.15, 0.2) is 0 Å². The van der Waals surface area contributed by atoms with Crippen LogP contribution in [0.4, 0.5) is 5.95 Å². The Morgan fingerprint density at radius 2 is 2.21 bits per heavy atom. The van der Waals surface area contributed by atoms with Crippen molar-refractivity contribution in [2.75, 3.05) is 11.4 Å². The molecule has 1 aliphatic heterocycles. The molecule has 1 unspecified atom stereocenters. The lowest BCUT2D eigenvalue weighted by Crippen LogP contribution is -2.55. The van der Waals surface area contributed by atoms with E-state index in [-0.39, 0.29) is 11.9 Å². The third kappa shape index (κ3) is 1.57. The van der Waals surface area contributed by atoms with Crippen LogP contribution in [0.15, 0.2) is 16.9 Å². The molecule has 1 aliphatic rings. The smallest absolute Gasteiger partial charge is 0.240 e. The summed E-state index contributed by atoms with van der Waals surface area (Å²) < 4.78 is 0.817. The van der Waals surface area contributed by atoms with E-state index in [1.165, 1.54) is 0 Å². The minimum Gasteiger partial charge on any atom is -0.368 e. The molecule has 1 fully saturated rings. The maximum absolute atomic E-state index is 10.9. The van der Waals surface area contributed by atoms with Gasteiger partial charge in [-0.1, -0.05) is 0 Å². The second-order valence-corrected chi connectivity index (χ2v) is 4.02. The number of rotatable bonds is 2. The SMILES string of the molecule is NC(=O)C1CCN1c1ncc(Br)cn1. The van der Waals surface area contributed by atoms with E-state index in [1.54, 1.807) is 17.3 Å². The van der Waals surface area contributed by atoms with Crippen molar-refractivity contribution >= 4 is 27.8 Å². The number of amides is 1. The number of hydrogen-bond acceptors (Lipinski definition) is 4. The predicted molar refractivity (Wildman–Crippen MR) is 54.7 cm³/mol. The Balaban J connectivity index is 2.16. The minimum atomic E-state index is -0.317. The van der Waals surface area contributed by atoms with Gasteiger partial charge in [-0.05, 0) is 22.4 Å². The highest BCUT2D eigenvalue weighted by Gasteiger charge is 2.34. The second kappa shape index (κ2) is 3.53. The van der Waals surface area contributed by atoms with E-state index in [4.69, 9.17) is 5.73 Å². The molecule has 14 heavy (non-hydrogen) atoms. The molecule has 0 spiro atoms. The Bertz CT molecular complexity index is 353. The van der Waals surface area contributed by atoms with Gasteiger partial charge in [-0.2, -0.15) is 0 Å². The summed E-state index contributed by atoms with van der Waals surface area (Å²) in [7, 11) is 0. The second-order valence-electron chi connectivity index (χ2n) is 3.10. The van der Waals surface area contributed by atoms with E-state index < -0.39 is 0 Å². The largest absolute Gasteiger partial charge is 0.368 e. The number of hydrogen-bond donors (Lipinski definition) is 1. The van der Waals surface area contributed by atoms with Crippen LogP contribution in [-0.2, 0) is 4.79 Å². The van der Waals surface area contributed by atoms with Crippen molar-refractivity contribution in [2.24, 2.45) is 5.73 Å². The quantitative estimate of drug-likeness (QED) is 0.827. The standard InChI is InChI=1S/C8H9BrN4O/c9-5-3-11-8(12-4-5)13-2-1-6(13)7(10)14/h3-4,6H,1-2H2,(H2,10,14). The number of nitrogens with zero attached hydrogens (tertiary/aromatic N) is 3. The maximum atomic E-state index is 10.9. The molecule has 1 saturated heterocycles. The van der Waals surface area contributed by atoms with Gasteiger partial charge in [-0.15, -0.1) is 0 Å². The minimum absolute atomic E-state index is 0.240. The number of primary amides is 1. The Kier molecular flexibility index (Phi) is 2.37. The van der Waals surface area contributed by atoms with Crippen LogP contribution in [0.2, 0.25) is 0 Å². The Morgan fingerprint density at radius 1 is 1.57 bits per heavy atom. The van der Waals surface area contributed by atoms with Crippen LogP contribution in [0.25, 0.3) is 0 Å². The van der Waals surface area contributed by atoms with E-state index in [2.05, 4.69) is 25.9 Å². The van der Waals surface area contributed by atoms with Gasteiger partial charge in [-0.3, -0.25) is 4.79 Å². The molecule has 1 aromatic rings. The molecule has 2 rings (SSSR count). The van der Waals surface area contributed by atoms with Crippen LogP contribution >= 0.6 is 15.9 Å². The van der Waals surface area contributed by atoms with Crippen LogP contribution in [0, 0.1) is 0 Å². The zero-order chi connectivity index (χ0) is 10.1. The molecule has 1 atom stereocenters. The normalized spacial score (nSPS) is 20.4. The molecule has 74 valence electrons. The van der Waals surface area contributed by atoms with Crippen molar-refractivity contribution in [3.8, 4) is 0 Å². The van der Waals surface area contributed by atoms with Crippen LogP contribution < -0.4 is 10.6 Å². The van der Waals surface area contributed by atoms with Crippen molar-refractivity contribution in [1.82, 2.24) is 9.97 Å². The monoisotopic (exact) mass is 256 g/mol. The van der Waals surface area contributed by atoms with E-state index in [1.807, 2.05) is 0 Å². The molecule has 1 aromatic heterocycles. The summed E-state index contributed by atoms with van der Waals surface area (Å²) in [6.07, 6.45) is 4.09. The van der Waals surface area contributed by atoms with Crippen LogP contribution in [-0.4, -0.2) is 28.5 Å². The van der Waals surface area contributed by atoms with Crippen molar-refractivity contribution < 1.29 is 4.79 Å². The first-order valence-electron chi connectivity index (χ1n) is 4.22. The molecule has 2 N–H and O–H groups in total. The fourth-order valence-corrected chi connectivity index (χ4v) is 1.58. The van der Waals surface area contributed by atoms with Gasteiger partial charge in [-0.25, -0.2) is 9.97 Å². The summed E-state index contributed by atoms with van der Waals surface area (Å²) in [6, 6.07) is -0.240. The molecule has 0 aromatic carbocycles. The molecular weight excluding hydrogens is 248 g/mol. The van der Waals surface area contributed by atoms with Gasteiger partial charge in [0.2, 0.25) is 11.9 Å². The fraction of sp³-hybridized carbons (Fsp3) is 0.375. The van der Waals surface area contributed by atoms with Gasteiger partial charge >= 0.3 is 0 Å². The van der Waals surface area contributed by atoms with Crippen molar-refractivity contribution in [3.63, 3.8) is 0 Å². The van der Waals surface area contributed by atoms with Gasteiger partial charge in [0.05, 0.1) is 4.47 Å².